The average molecular weight is 512 g/mol. The molecule has 0 aromatic heterocycles. The molecule has 0 aliphatic rings. The van der Waals surface area contributed by atoms with Crippen LogP contribution in [0.5, 0.6) is 5.75 Å². The number of ether oxygens (including phenoxy) is 2. The minimum atomic E-state index is -4.12. The van der Waals surface area contributed by atoms with E-state index >= 15 is 0 Å². The van der Waals surface area contributed by atoms with Crippen molar-refractivity contribution in [1.29, 1.82) is 0 Å². The molecule has 0 unspecified atom stereocenters. The molecule has 0 atom stereocenters. The monoisotopic (exact) mass is 511 g/mol. The number of hydrogen-bond acceptors (Lipinski definition) is 6. The first kappa shape index (κ1) is 26.7. The molecule has 3 aromatic rings. The van der Waals surface area contributed by atoms with Crippen LogP contribution in [0.3, 0.4) is 0 Å². The van der Waals surface area contributed by atoms with E-state index in [1.54, 1.807) is 73.7 Å². The molecule has 0 aliphatic carbocycles. The maximum atomic E-state index is 13.6. The first-order chi connectivity index (χ1) is 17.4. The third-order valence-corrected chi connectivity index (χ3v) is 6.86. The van der Waals surface area contributed by atoms with Crippen molar-refractivity contribution in [2.24, 2.45) is 0 Å². The lowest BCUT2D eigenvalue weighted by atomic mass is 10.1. The first-order valence-electron chi connectivity index (χ1n) is 11.3. The number of benzene rings is 3. The molecule has 0 saturated heterocycles. The molecule has 10 heteroatoms. The van der Waals surface area contributed by atoms with Gasteiger partial charge in [0, 0.05) is 13.7 Å². The fraction of sp³-hybridized carbons (Fsp3) is 0.231. The van der Waals surface area contributed by atoms with Crippen LogP contribution in [0.25, 0.3) is 0 Å². The van der Waals surface area contributed by atoms with Crippen LogP contribution in [0.4, 0.5) is 11.4 Å². The molecule has 190 valence electrons. The summed E-state index contributed by atoms with van der Waals surface area (Å²) in [4.78, 5) is 25.8. The van der Waals surface area contributed by atoms with Gasteiger partial charge in [-0.3, -0.25) is 13.9 Å². The molecule has 0 radical (unpaired) electrons. The zero-order valence-corrected chi connectivity index (χ0v) is 21.0. The quantitative estimate of drug-likeness (QED) is 0.361. The molecule has 2 N–H and O–H groups in total. The summed E-state index contributed by atoms with van der Waals surface area (Å²) in [5, 5.41) is 5.39. The van der Waals surface area contributed by atoms with Gasteiger partial charge in [0.1, 0.15) is 12.3 Å². The number of sulfonamides is 1. The van der Waals surface area contributed by atoms with Crippen molar-refractivity contribution in [3.63, 3.8) is 0 Å². The third-order valence-electron chi connectivity index (χ3n) is 5.09. The van der Waals surface area contributed by atoms with E-state index in [1.807, 2.05) is 0 Å². The van der Waals surface area contributed by atoms with Gasteiger partial charge in [-0.25, -0.2) is 8.42 Å². The minimum absolute atomic E-state index is 0.0297. The Hall–Kier alpha value is -3.89. The van der Waals surface area contributed by atoms with Crippen molar-refractivity contribution >= 4 is 33.2 Å². The summed E-state index contributed by atoms with van der Waals surface area (Å²) >= 11 is 0. The number of nitrogens with zero attached hydrogens (tertiary/aromatic N) is 1. The summed E-state index contributed by atoms with van der Waals surface area (Å²) in [5.74, 6) is -0.693. The molecule has 3 aromatic carbocycles. The highest BCUT2D eigenvalue weighted by molar-refractivity contribution is 7.92. The molecule has 36 heavy (non-hydrogen) atoms. The number of rotatable bonds is 12. The van der Waals surface area contributed by atoms with Crippen molar-refractivity contribution in [3.8, 4) is 5.75 Å². The van der Waals surface area contributed by atoms with E-state index in [4.69, 9.17) is 9.47 Å². The summed E-state index contributed by atoms with van der Waals surface area (Å²) < 4.78 is 38.8. The van der Waals surface area contributed by atoms with Gasteiger partial charge in [-0.05, 0) is 43.3 Å². The average Bonchev–Trinajstić information content (AvgIpc) is 2.89. The third kappa shape index (κ3) is 6.61. The smallest absolute Gasteiger partial charge is 0.264 e. The van der Waals surface area contributed by atoms with E-state index in [0.29, 0.717) is 25.5 Å². The van der Waals surface area contributed by atoms with Gasteiger partial charge < -0.3 is 20.1 Å². The summed E-state index contributed by atoms with van der Waals surface area (Å²) in [6.45, 7) is 2.20. The highest BCUT2D eigenvalue weighted by Gasteiger charge is 2.29. The minimum Gasteiger partial charge on any atom is -0.492 e. The van der Waals surface area contributed by atoms with Gasteiger partial charge in [-0.15, -0.1) is 0 Å². The van der Waals surface area contributed by atoms with Crippen LogP contribution in [0.15, 0.2) is 83.8 Å². The lowest BCUT2D eigenvalue weighted by Crippen LogP contribution is -2.38. The second kappa shape index (κ2) is 12.7. The summed E-state index contributed by atoms with van der Waals surface area (Å²) in [5.41, 5.74) is 0.727. The Kier molecular flexibility index (Phi) is 9.43. The highest BCUT2D eigenvalue weighted by Crippen LogP contribution is 2.32. The lowest BCUT2D eigenvalue weighted by Gasteiger charge is -2.26. The van der Waals surface area contributed by atoms with Crippen LogP contribution >= 0.6 is 0 Å². The molecule has 2 amide bonds. The Bertz CT molecular complexity index is 1280. The zero-order chi connectivity index (χ0) is 26.0. The first-order valence-corrected chi connectivity index (χ1v) is 12.8. The van der Waals surface area contributed by atoms with Gasteiger partial charge in [0.15, 0.2) is 0 Å². The van der Waals surface area contributed by atoms with Crippen LogP contribution in [-0.2, 0) is 19.6 Å². The van der Waals surface area contributed by atoms with E-state index < -0.39 is 28.4 Å². The van der Waals surface area contributed by atoms with Crippen molar-refractivity contribution < 1.29 is 27.5 Å². The SMILES string of the molecule is CCOc1ccccc1N(CC(=O)Nc1ccccc1C(=O)NCCOC)S(=O)(=O)c1ccccc1. The Morgan fingerprint density at radius 1 is 0.917 bits per heavy atom. The second-order valence-electron chi connectivity index (χ2n) is 7.57. The van der Waals surface area contributed by atoms with E-state index in [0.717, 1.165) is 4.31 Å². The molecular formula is C26H29N3O6S. The number of hydrogen-bond donors (Lipinski definition) is 2. The van der Waals surface area contributed by atoms with Gasteiger partial charge >= 0.3 is 0 Å². The van der Waals surface area contributed by atoms with Crippen molar-refractivity contribution in [1.82, 2.24) is 5.32 Å². The second-order valence-corrected chi connectivity index (χ2v) is 9.43. The number of anilines is 2. The number of carbonyl (C=O) groups excluding carboxylic acids is 2. The van der Waals surface area contributed by atoms with E-state index in [-0.39, 0.29) is 21.8 Å². The predicted octanol–water partition coefficient (Wildman–Crippen LogP) is 3.30. The fourth-order valence-electron chi connectivity index (χ4n) is 3.43. The number of methoxy groups -OCH3 is 1. The standard InChI is InChI=1S/C26H29N3O6S/c1-3-35-24-16-10-9-15-23(24)29(36(32,33)20-11-5-4-6-12-20)19-25(30)28-22-14-8-7-13-21(22)26(31)27-17-18-34-2/h4-16H,3,17-19H2,1-2H3,(H,27,31)(H,28,30). The molecule has 3 rings (SSSR count). The van der Waals surface area contributed by atoms with Gasteiger partial charge in [0.2, 0.25) is 5.91 Å². The van der Waals surface area contributed by atoms with Crippen molar-refractivity contribution in [2.75, 3.05) is 43.0 Å². The van der Waals surface area contributed by atoms with E-state index in [1.165, 1.54) is 19.2 Å². The molecule has 0 aliphatic heterocycles. The molecule has 0 bridgehead atoms. The van der Waals surface area contributed by atoms with Crippen molar-refractivity contribution in [3.05, 3.63) is 84.4 Å². The van der Waals surface area contributed by atoms with E-state index in [9.17, 15) is 18.0 Å². The Morgan fingerprint density at radius 2 is 1.58 bits per heavy atom. The Balaban J connectivity index is 1.92. The van der Waals surface area contributed by atoms with Crippen molar-refractivity contribution in [2.45, 2.75) is 11.8 Å². The van der Waals surface area contributed by atoms with Crippen LogP contribution in [0.1, 0.15) is 17.3 Å². The molecule has 0 fully saturated rings. The lowest BCUT2D eigenvalue weighted by molar-refractivity contribution is -0.114. The van der Waals surface area contributed by atoms with Crippen LogP contribution in [0.2, 0.25) is 0 Å². The fourth-order valence-corrected chi connectivity index (χ4v) is 4.88. The Morgan fingerprint density at radius 3 is 2.31 bits per heavy atom. The molecule has 0 heterocycles. The topological polar surface area (TPSA) is 114 Å². The maximum Gasteiger partial charge on any atom is 0.264 e. The largest absolute Gasteiger partial charge is 0.492 e. The summed E-state index contributed by atoms with van der Waals surface area (Å²) in [6.07, 6.45) is 0. The van der Waals surface area contributed by atoms with Crippen LogP contribution < -0.4 is 19.7 Å². The van der Waals surface area contributed by atoms with Crippen LogP contribution in [0, 0.1) is 0 Å². The normalized spacial score (nSPS) is 10.9. The summed E-state index contributed by atoms with van der Waals surface area (Å²) in [6, 6.07) is 21.0. The number of nitrogens with one attached hydrogen (secondary N) is 2. The molecule has 0 spiro atoms. The number of para-hydroxylation sites is 3. The highest BCUT2D eigenvalue weighted by atomic mass is 32.2. The van der Waals surface area contributed by atoms with Gasteiger partial charge in [0.05, 0.1) is 35.0 Å². The number of amides is 2. The van der Waals surface area contributed by atoms with Gasteiger partial charge in [-0.2, -0.15) is 0 Å². The predicted molar refractivity (Wildman–Crippen MR) is 138 cm³/mol. The number of carbonyl (C=O) groups is 2. The maximum absolute atomic E-state index is 13.6. The summed E-state index contributed by atoms with van der Waals surface area (Å²) in [7, 11) is -2.60. The molecular weight excluding hydrogens is 482 g/mol. The van der Waals surface area contributed by atoms with Gasteiger partial charge in [-0.1, -0.05) is 42.5 Å². The molecule has 9 nitrogen and oxygen atoms in total. The zero-order valence-electron chi connectivity index (χ0n) is 20.1. The Labute approximate surface area is 211 Å². The van der Waals surface area contributed by atoms with Crippen LogP contribution in [-0.4, -0.2) is 53.6 Å². The van der Waals surface area contributed by atoms with Gasteiger partial charge in [0.25, 0.3) is 15.9 Å². The molecule has 0 saturated carbocycles. The van der Waals surface area contributed by atoms with E-state index in [2.05, 4.69) is 10.6 Å².